The van der Waals surface area contributed by atoms with Crippen LogP contribution in [0.5, 0.6) is 0 Å². The second-order valence-electron chi connectivity index (χ2n) is 2.63. The molecule has 0 spiro atoms. The molecular formula is C8H9FN2O2. The Hall–Kier alpha value is -1.65. The van der Waals surface area contributed by atoms with Gasteiger partial charge in [0, 0.05) is 18.8 Å². The summed E-state index contributed by atoms with van der Waals surface area (Å²) in [5.74, 6) is -0.804. The van der Waals surface area contributed by atoms with Crippen molar-refractivity contribution < 1.29 is 9.31 Å². The fourth-order valence-electron chi connectivity index (χ4n) is 1.07. The van der Waals surface area contributed by atoms with Gasteiger partial charge in [-0.2, -0.15) is 4.39 Å². The third kappa shape index (κ3) is 1.74. The molecule has 0 aliphatic heterocycles. The van der Waals surface area contributed by atoms with E-state index in [0.717, 1.165) is 6.07 Å². The molecule has 0 atom stereocenters. The lowest BCUT2D eigenvalue weighted by atomic mass is 10.2. The molecule has 1 rings (SSSR count). The van der Waals surface area contributed by atoms with E-state index >= 15 is 0 Å². The van der Waals surface area contributed by atoms with E-state index in [1.165, 1.54) is 6.07 Å². The van der Waals surface area contributed by atoms with Gasteiger partial charge >= 0.3 is 5.69 Å². The molecule has 0 heterocycles. The summed E-state index contributed by atoms with van der Waals surface area (Å²) in [6.45, 7) is 1.68. The molecule has 0 radical (unpaired) electrons. The second-order valence-corrected chi connectivity index (χ2v) is 2.63. The van der Waals surface area contributed by atoms with Crippen molar-refractivity contribution in [3.63, 3.8) is 0 Å². The summed E-state index contributed by atoms with van der Waals surface area (Å²) in [6.07, 6.45) is 0. The van der Waals surface area contributed by atoms with Gasteiger partial charge in [0.15, 0.2) is 0 Å². The summed E-state index contributed by atoms with van der Waals surface area (Å²) in [4.78, 5) is 9.60. The van der Waals surface area contributed by atoms with Crippen LogP contribution in [0.3, 0.4) is 0 Å². The highest BCUT2D eigenvalue weighted by Crippen LogP contribution is 2.24. The van der Waals surface area contributed by atoms with Crippen LogP contribution in [0.1, 0.15) is 5.56 Å². The molecule has 5 heteroatoms. The van der Waals surface area contributed by atoms with Crippen LogP contribution >= 0.6 is 0 Å². The van der Waals surface area contributed by atoms with E-state index in [2.05, 4.69) is 5.32 Å². The number of hydrogen-bond acceptors (Lipinski definition) is 3. The van der Waals surface area contributed by atoms with Gasteiger partial charge in [0.05, 0.1) is 4.92 Å². The number of nitrogens with one attached hydrogen (secondary N) is 1. The molecule has 0 aliphatic carbocycles. The summed E-state index contributed by atoms with van der Waals surface area (Å²) < 4.78 is 12.9. The lowest BCUT2D eigenvalue weighted by molar-refractivity contribution is -0.387. The topological polar surface area (TPSA) is 55.2 Å². The quantitative estimate of drug-likeness (QED) is 0.565. The van der Waals surface area contributed by atoms with Crippen LogP contribution in [0.4, 0.5) is 15.8 Å². The van der Waals surface area contributed by atoms with E-state index in [1.807, 2.05) is 0 Å². The van der Waals surface area contributed by atoms with E-state index in [-0.39, 0.29) is 0 Å². The number of anilines is 1. The molecule has 0 amide bonds. The molecule has 0 saturated carbocycles. The Morgan fingerprint density at radius 2 is 2.15 bits per heavy atom. The summed E-state index contributed by atoms with van der Waals surface area (Å²) in [5.41, 5.74) is 0.702. The Balaban J connectivity index is 3.30. The first kappa shape index (κ1) is 9.44. The van der Waals surface area contributed by atoms with Crippen LogP contribution in [0.2, 0.25) is 0 Å². The Bertz CT molecular complexity index is 352. The molecule has 70 valence electrons. The van der Waals surface area contributed by atoms with Crippen LogP contribution < -0.4 is 5.32 Å². The maximum absolute atomic E-state index is 12.9. The van der Waals surface area contributed by atoms with Gasteiger partial charge in [0.1, 0.15) is 0 Å². The SMILES string of the molecule is CNc1cc([N+](=O)[O-])c(F)cc1C. The molecule has 4 nitrogen and oxygen atoms in total. The molecule has 1 aromatic carbocycles. The largest absolute Gasteiger partial charge is 0.388 e. The van der Waals surface area contributed by atoms with Gasteiger partial charge in [-0.15, -0.1) is 0 Å². The van der Waals surface area contributed by atoms with Gasteiger partial charge in [-0.05, 0) is 18.6 Å². The predicted molar refractivity (Wildman–Crippen MR) is 47.3 cm³/mol. The highest BCUT2D eigenvalue weighted by molar-refractivity contribution is 5.56. The van der Waals surface area contributed by atoms with Crippen LogP contribution in [-0.2, 0) is 0 Å². The van der Waals surface area contributed by atoms with Crippen LogP contribution in [0.15, 0.2) is 12.1 Å². The molecule has 1 N–H and O–H groups in total. The van der Waals surface area contributed by atoms with E-state index in [0.29, 0.717) is 11.3 Å². The molecule has 0 saturated heterocycles. The van der Waals surface area contributed by atoms with Crippen molar-refractivity contribution in [2.75, 3.05) is 12.4 Å². The van der Waals surface area contributed by atoms with Crippen molar-refractivity contribution in [1.29, 1.82) is 0 Å². The van der Waals surface area contributed by atoms with Gasteiger partial charge in [0.2, 0.25) is 5.82 Å². The number of benzene rings is 1. The summed E-state index contributed by atoms with van der Waals surface area (Å²) in [6, 6.07) is 2.33. The zero-order valence-corrected chi connectivity index (χ0v) is 7.30. The first-order valence-corrected chi connectivity index (χ1v) is 3.68. The van der Waals surface area contributed by atoms with Crippen LogP contribution in [0.25, 0.3) is 0 Å². The van der Waals surface area contributed by atoms with Crippen LogP contribution in [0, 0.1) is 22.9 Å². The van der Waals surface area contributed by atoms with Gasteiger partial charge in [-0.25, -0.2) is 0 Å². The highest BCUT2D eigenvalue weighted by Gasteiger charge is 2.15. The van der Waals surface area contributed by atoms with Crippen molar-refractivity contribution in [2.45, 2.75) is 6.92 Å². The van der Waals surface area contributed by atoms with Crippen molar-refractivity contribution in [2.24, 2.45) is 0 Å². The monoisotopic (exact) mass is 184 g/mol. The molecule has 1 aromatic rings. The number of halogens is 1. The predicted octanol–water partition coefficient (Wildman–Crippen LogP) is 2.08. The molecule has 0 unspecified atom stereocenters. The minimum absolute atomic E-state index is 0.505. The molecule has 0 aliphatic rings. The number of nitrogens with zero attached hydrogens (tertiary/aromatic N) is 1. The average molecular weight is 184 g/mol. The van der Waals surface area contributed by atoms with E-state index < -0.39 is 16.4 Å². The minimum Gasteiger partial charge on any atom is -0.388 e. The minimum atomic E-state index is -0.804. The first-order chi connectivity index (χ1) is 6.06. The summed E-state index contributed by atoms with van der Waals surface area (Å²) >= 11 is 0. The first-order valence-electron chi connectivity index (χ1n) is 3.68. The molecule has 0 bridgehead atoms. The maximum Gasteiger partial charge on any atom is 0.306 e. The van der Waals surface area contributed by atoms with Crippen molar-refractivity contribution in [3.8, 4) is 0 Å². The number of nitro benzene ring substituents is 1. The van der Waals surface area contributed by atoms with Crippen molar-refractivity contribution in [1.82, 2.24) is 0 Å². The lowest BCUT2D eigenvalue weighted by Gasteiger charge is -2.04. The van der Waals surface area contributed by atoms with E-state index in [4.69, 9.17) is 0 Å². The third-order valence-corrected chi connectivity index (χ3v) is 1.76. The molecule has 0 fully saturated rings. The number of hydrogen-bond donors (Lipinski definition) is 1. The summed E-state index contributed by atoms with van der Waals surface area (Å²) in [5, 5.41) is 13.1. The zero-order valence-electron chi connectivity index (χ0n) is 7.30. The second kappa shape index (κ2) is 3.38. The van der Waals surface area contributed by atoms with E-state index in [1.54, 1.807) is 14.0 Å². The third-order valence-electron chi connectivity index (χ3n) is 1.76. The Morgan fingerprint density at radius 3 is 2.62 bits per heavy atom. The summed E-state index contributed by atoms with van der Waals surface area (Å²) in [7, 11) is 1.63. The van der Waals surface area contributed by atoms with Gasteiger partial charge < -0.3 is 5.32 Å². The normalized spacial score (nSPS) is 9.77. The number of aryl methyl sites for hydroxylation is 1. The van der Waals surface area contributed by atoms with Crippen molar-refractivity contribution >= 4 is 11.4 Å². The van der Waals surface area contributed by atoms with Gasteiger partial charge in [-0.3, -0.25) is 10.1 Å². The Morgan fingerprint density at radius 1 is 1.54 bits per heavy atom. The fourth-order valence-corrected chi connectivity index (χ4v) is 1.07. The van der Waals surface area contributed by atoms with Crippen molar-refractivity contribution in [3.05, 3.63) is 33.6 Å². The average Bonchev–Trinajstić information content (AvgIpc) is 2.03. The Labute approximate surface area is 74.5 Å². The highest BCUT2D eigenvalue weighted by atomic mass is 19.1. The molecular weight excluding hydrogens is 175 g/mol. The smallest absolute Gasteiger partial charge is 0.306 e. The molecule has 0 aromatic heterocycles. The standard InChI is InChI=1S/C8H9FN2O2/c1-5-3-6(9)8(11(12)13)4-7(5)10-2/h3-4,10H,1-2H3. The maximum atomic E-state index is 12.9. The van der Waals surface area contributed by atoms with Gasteiger partial charge in [0.25, 0.3) is 0 Å². The fraction of sp³-hybridized carbons (Fsp3) is 0.250. The Kier molecular flexibility index (Phi) is 2.46. The lowest BCUT2D eigenvalue weighted by Crippen LogP contribution is -1.97. The number of nitro groups is 1. The molecule has 13 heavy (non-hydrogen) atoms. The number of rotatable bonds is 2. The van der Waals surface area contributed by atoms with Crippen LogP contribution in [-0.4, -0.2) is 12.0 Å². The van der Waals surface area contributed by atoms with E-state index in [9.17, 15) is 14.5 Å². The van der Waals surface area contributed by atoms with Gasteiger partial charge in [-0.1, -0.05) is 0 Å². The zero-order chi connectivity index (χ0) is 10.0.